The Hall–Kier alpha value is -0.390. The molecule has 1 unspecified atom stereocenters. The number of thiophene rings is 1. The highest BCUT2D eigenvalue weighted by Crippen LogP contribution is 2.24. The van der Waals surface area contributed by atoms with Gasteiger partial charge in [0.05, 0.1) is 6.04 Å². The molecule has 0 aliphatic carbocycles. The van der Waals surface area contributed by atoms with Gasteiger partial charge in [0.1, 0.15) is 0 Å². The van der Waals surface area contributed by atoms with Crippen LogP contribution >= 0.6 is 33.9 Å². The molecule has 1 aromatic heterocycles. The summed E-state index contributed by atoms with van der Waals surface area (Å²) in [5, 5.41) is 2.14. The van der Waals surface area contributed by atoms with Gasteiger partial charge in [-0.25, -0.2) is 0 Å². The van der Waals surface area contributed by atoms with E-state index in [4.69, 9.17) is 5.73 Å². The molecule has 1 atom stereocenters. The highest BCUT2D eigenvalue weighted by molar-refractivity contribution is 14.1. The number of nitrogens with two attached hydrogens (primary N) is 1. The fourth-order valence-electron chi connectivity index (χ4n) is 1.49. The molecule has 0 fully saturated rings. The fourth-order valence-corrected chi connectivity index (χ4v) is 2.59. The van der Waals surface area contributed by atoms with Crippen molar-refractivity contribution >= 4 is 33.9 Å². The number of halogens is 1. The van der Waals surface area contributed by atoms with Crippen LogP contribution in [-0.2, 0) is 0 Å². The van der Waals surface area contributed by atoms with E-state index in [1.807, 2.05) is 0 Å². The molecule has 2 aromatic rings. The van der Waals surface area contributed by atoms with Gasteiger partial charge in [0.15, 0.2) is 0 Å². The third kappa shape index (κ3) is 2.59. The Labute approximate surface area is 107 Å². The van der Waals surface area contributed by atoms with Crippen molar-refractivity contribution < 1.29 is 0 Å². The van der Waals surface area contributed by atoms with Crippen molar-refractivity contribution in [1.82, 2.24) is 0 Å². The molecule has 0 bridgehead atoms. The summed E-state index contributed by atoms with van der Waals surface area (Å²) in [7, 11) is 0. The van der Waals surface area contributed by atoms with E-state index in [0.717, 1.165) is 0 Å². The molecule has 3 heteroatoms. The summed E-state index contributed by atoms with van der Waals surface area (Å²) < 4.78 is 1.24. The maximum absolute atomic E-state index is 6.18. The van der Waals surface area contributed by atoms with E-state index >= 15 is 0 Å². The smallest absolute Gasteiger partial charge is 0.0559 e. The van der Waals surface area contributed by atoms with Crippen molar-refractivity contribution in [3.05, 3.63) is 55.3 Å². The number of hydrogen-bond acceptors (Lipinski definition) is 2. The van der Waals surface area contributed by atoms with Gasteiger partial charge in [-0.1, -0.05) is 12.1 Å². The van der Waals surface area contributed by atoms with Crippen LogP contribution in [0.15, 0.2) is 35.7 Å². The van der Waals surface area contributed by atoms with Gasteiger partial charge in [-0.15, -0.1) is 11.3 Å². The first kappa shape index (κ1) is 11.1. The predicted octanol–water partition coefficient (Wildman–Crippen LogP) is 3.71. The molecule has 0 aliphatic rings. The molecule has 0 radical (unpaired) electrons. The van der Waals surface area contributed by atoms with Crippen molar-refractivity contribution in [3.63, 3.8) is 0 Å². The topological polar surface area (TPSA) is 26.0 Å². The predicted molar refractivity (Wildman–Crippen MR) is 74.2 cm³/mol. The second-order valence-electron chi connectivity index (χ2n) is 3.52. The lowest BCUT2D eigenvalue weighted by atomic mass is 10.0. The Morgan fingerprint density at radius 1 is 1.20 bits per heavy atom. The van der Waals surface area contributed by atoms with Gasteiger partial charge >= 0.3 is 0 Å². The lowest BCUT2D eigenvalue weighted by molar-refractivity contribution is 0.876. The van der Waals surface area contributed by atoms with Crippen molar-refractivity contribution in [2.75, 3.05) is 0 Å². The molecular formula is C12H12INS. The number of benzene rings is 1. The summed E-state index contributed by atoms with van der Waals surface area (Å²) in [6.07, 6.45) is 0. The summed E-state index contributed by atoms with van der Waals surface area (Å²) in [5.41, 5.74) is 8.57. The van der Waals surface area contributed by atoms with Crippen molar-refractivity contribution in [3.8, 4) is 0 Å². The molecule has 1 aromatic carbocycles. The molecule has 0 aliphatic heterocycles. The number of hydrogen-bond donors (Lipinski definition) is 1. The van der Waals surface area contributed by atoms with Crippen LogP contribution in [0.3, 0.4) is 0 Å². The molecule has 0 spiro atoms. The molecule has 0 amide bonds. The highest BCUT2D eigenvalue weighted by Gasteiger charge is 2.09. The Morgan fingerprint density at radius 3 is 2.40 bits per heavy atom. The molecule has 2 rings (SSSR count). The minimum absolute atomic E-state index is 0.00644. The van der Waals surface area contributed by atoms with E-state index in [-0.39, 0.29) is 6.04 Å². The largest absolute Gasteiger partial charge is 0.320 e. The van der Waals surface area contributed by atoms with Crippen LogP contribution in [0.5, 0.6) is 0 Å². The van der Waals surface area contributed by atoms with Crippen molar-refractivity contribution in [2.45, 2.75) is 13.0 Å². The van der Waals surface area contributed by atoms with E-state index in [1.54, 1.807) is 11.3 Å². The molecule has 0 saturated heterocycles. The molecule has 1 nitrogen and oxygen atoms in total. The van der Waals surface area contributed by atoms with Crippen molar-refractivity contribution in [2.24, 2.45) is 5.73 Å². The SMILES string of the molecule is Cc1cc(C(N)c2ccc(I)cc2)cs1. The number of aryl methyl sites for hydroxylation is 1. The lowest BCUT2D eigenvalue weighted by Crippen LogP contribution is -2.10. The second kappa shape index (κ2) is 4.63. The summed E-state index contributed by atoms with van der Waals surface area (Å²) >= 11 is 4.05. The average molecular weight is 329 g/mol. The third-order valence-corrected chi connectivity index (χ3v) is 3.94. The van der Waals surface area contributed by atoms with E-state index in [1.165, 1.54) is 19.6 Å². The normalized spacial score (nSPS) is 12.7. The monoisotopic (exact) mass is 329 g/mol. The zero-order valence-corrected chi connectivity index (χ0v) is 11.4. The van der Waals surface area contributed by atoms with Gasteiger partial charge < -0.3 is 5.73 Å². The van der Waals surface area contributed by atoms with Crippen LogP contribution in [0.2, 0.25) is 0 Å². The van der Waals surface area contributed by atoms with Crippen LogP contribution in [0.4, 0.5) is 0 Å². The zero-order chi connectivity index (χ0) is 10.8. The standard InChI is InChI=1S/C12H12INS/c1-8-6-10(7-15-8)12(14)9-2-4-11(13)5-3-9/h2-7,12H,14H2,1H3. The van der Waals surface area contributed by atoms with Crippen LogP contribution in [0.25, 0.3) is 0 Å². The second-order valence-corrected chi connectivity index (χ2v) is 5.88. The molecule has 2 N–H and O–H groups in total. The van der Waals surface area contributed by atoms with Crippen LogP contribution < -0.4 is 5.73 Å². The van der Waals surface area contributed by atoms with Gasteiger partial charge in [-0.05, 0) is 64.2 Å². The first-order valence-electron chi connectivity index (χ1n) is 4.73. The first-order valence-corrected chi connectivity index (χ1v) is 6.69. The van der Waals surface area contributed by atoms with Crippen LogP contribution in [-0.4, -0.2) is 0 Å². The summed E-state index contributed by atoms with van der Waals surface area (Å²) in [5.74, 6) is 0. The molecule has 1 heterocycles. The minimum Gasteiger partial charge on any atom is -0.320 e. The van der Waals surface area contributed by atoms with Gasteiger partial charge in [0.25, 0.3) is 0 Å². The van der Waals surface area contributed by atoms with Gasteiger partial charge in [0.2, 0.25) is 0 Å². The first-order chi connectivity index (χ1) is 7.16. The molecule has 78 valence electrons. The fraction of sp³-hybridized carbons (Fsp3) is 0.167. The lowest BCUT2D eigenvalue weighted by Gasteiger charge is -2.10. The Kier molecular flexibility index (Phi) is 3.43. The third-order valence-electron chi connectivity index (χ3n) is 2.34. The highest BCUT2D eigenvalue weighted by atomic mass is 127. The van der Waals surface area contributed by atoms with Crippen LogP contribution in [0.1, 0.15) is 22.0 Å². The van der Waals surface area contributed by atoms with Crippen LogP contribution in [0, 0.1) is 10.5 Å². The summed E-state index contributed by atoms with van der Waals surface area (Å²) in [6.45, 7) is 2.11. The average Bonchev–Trinajstić information content (AvgIpc) is 2.65. The Balaban J connectivity index is 2.28. The van der Waals surface area contributed by atoms with Gasteiger partial charge in [0, 0.05) is 8.45 Å². The van der Waals surface area contributed by atoms with E-state index in [0.29, 0.717) is 0 Å². The maximum Gasteiger partial charge on any atom is 0.0559 e. The van der Waals surface area contributed by atoms with E-state index in [2.05, 4.69) is 65.2 Å². The number of rotatable bonds is 2. The quantitative estimate of drug-likeness (QED) is 0.835. The maximum atomic E-state index is 6.18. The van der Waals surface area contributed by atoms with Gasteiger partial charge in [-0.2, -0.15) is 0 Å². The molecule has 15 heavy (non-hydrogen) atoms. The molecule has 0 saturated carbocycles. The Morgan fingerprint density at radius 2 is 1.87 bits per heavy atom. The molecular weight excluding hydrogens is 317 g/mol. The van der Waals surface area contributed by atoms with E-state index < -0.39 is 0 Å². The summed E-state index contributed by atoms with van der Waals surface area (Å²) in [4.78, 5) is 1.31. The zero-order valence-electron chi connectivity index (χ0n) is 8.41. The van der Waals surface area contributed by atoms with Crippen molar-refractivity contribution in [1.29, 1.82) is 0 Å². The minimum atomic E-state index is 0.00644. The summed E-state index contributed by atoms with van der Waals surface area (Å²) in [6, 6.07) is 10.5. The van der Waals surface area contributed by atoms with E-state index in [9.17, 15) is 0 Å². The van der Waals surface area contributed by atoms with Gasteiger partial charge in [-0.3, -0.25) is 0 Å². The Bertz CT molecular complexity index is 447.